The molecule has 1 aliphatic rings. The summed E-state index contributed by atoms with van der Waals surface area (Å²) in [7, 11) is 0. The number of hydrogen-bond donors (Lipinski definition) is 1. The molecule has 3 rings (SSSR count). The number of piperidine rings is 1. The van der Waals surface area contributed by atoms with Crippen molar-refractivity contribution in [1.29, 1.82) is 0 Å². The van der Waals surface area contributed by atoms with E-state index in [9.17, 15) is 9.59 Å². The van der Waals surface area contributed by atoms with Gasteiger partial charge in [0.1, 0.15) is 12.9 Å². The Morgan fingerprint density at radius 3 is 2.68 bits per heavy atom. The van der Waals surface area contributed by atoms with E-state index in [1.807, 2.05) is 30.3 Å². The number of oxazole rings is 1. The zero-order valence-corrected chi connectivity index (χ0v) is 13.9. The fourth-order valence-electron chi connectivity index (χ4n) is 2.78. The molecule has 0 spiro atoms. The lowest BCUT2D eigenvalue weighted by molar-refractivity contribution is -0.126. The lowest BCUT2D eigenvalue weighted by Gasteiger charge is -2.30. The average Bonchev–Trinajstić information content (AvgIpc) is 3.19. The van der Waals surface area contributed by atoms with Gasteiger partial charge in [-0.2, -0.15) is 0 Å². The summed E-state index contributed by atoms with van der Waals surface area (Å²) in [4.78, 5) is 29.9. The molecule has 0 saturated carbocycles. The maximum absolute atomic E-state index is 12.2. The number of carbonyl (C=O) groups is 2. The van der Waals surface area contributed by atoms with Gasteiger partial charge in [-0.1, -0.05) is 30.3 Å². The summed E-state index contributed by atoms with van der Waals surface area (Å²) < 4.78 is 10.2. The first kappa shape index (κ1) is 17.0. The van der Waals surface area contributed by atoms with E-state index in [0.29, 0.717) is 38.2 Å². The molecule has 1 aromatic heterocycles. The van der Waals surface area contributed by atoms with Crippen molar-refractivity contribution in [3.8, 4) is 0 Å². The summed E-state index contributed by atoms with van der Waals surface area (Å²) in [6, 6.07) is 9.57. The summed E-state index contributed by atoms with van der Waals surface area (Å²) in [5, 5.41) is 2.85. The highest BCUT2D eigenvalue weighted by Crippen LogP contribution is 2.18. The highest BCUT2D eigenvalue weighted by atomic mass is 16.6. The first-order chi connectivity index (χ1) is 12.2. The molecule has 0 unspecified atom stereocenters. The van der Waals surface area contributed by atoms with Crippen LogP contribution in [0.4, 0.5) is 4.79 Å². The van der Waals surface area contributed by atoms with Crippen LogP contribution in [0.3, 0.4) is 0 Å². The van der Waals surface area contributed by atoms with Crippen molar-refractivity contribution in [3.63, 3.8) is 0 Å². The van der Waals surface area contributed by atoms with Gasteiger partial charge in [0.25, 0.3) is 0 Å². The third-order valence-corrected chi connectivity index (χ3v) is 4.26. The van der Waals surface area contributed by atoms with E-state index in [-0.39, 0.29) is 24.5 Å². The van der Waals surface area contributed by atoms with Crippen LogP contribution in [0.2, 0.25) is 0 Å². The van der Waals surface area contributed by atoms with Gasteiger partial charge < -0.3 is 19.4 Å². The Bertz CT molecular complexity index is 680. The van der Waals surface area contributed by atoms with Crippen LogP contribution in [0.5, 0.6) is 0 Å². The minimum Gasteiger partial charge on any atom is -0.451 e. The van der Waals surface area contributed by atoms with Crippen molar-refractivity contribution >= 4 is 12.0 Å². The van der Waals surface area contributed by atoms with E-state index in [2.05, 4.69) is 10.3 Å². The largest absolute Gasteiger partial charge is 0.451 e. The van der Waals surface area contributed by atoms with Crippen molar-refractivity contribution in [1.82, 2.24) is 15.2 Å². The van der Waals surface area contributed by atoms with Crippen LogP contribution in [0.15, 0.2) is 47.4 Å². The number of nitrogens with zero attached hydrogens (tertiary/aromatic N) is 2. The second-order valence-electron chi connectivity index (χ2n) is 6.00. The lowest BCUT2D eigenvalue weighted by atomic mass is 9.96. The monoisotopic (exact) mass is 343 g/mol. The number of hydrogen-bond acceptors (Lipinski definition) is 5. The van der Waals surface area contributed by atoms with Gasteiger partial charge in [0.2, 0.25) is 5.91 Å². The van der Waals surface area contributed by atoms with E-state index in [1.165, 1.54) is 12.7 Å². The van der Waals surface area contributed by atoms with Crippen LogP contribution in [0, 0.1) is 5.92 Å². The molecule has 1 saturated heterocycles. The topological polar surface area (TPSA) is 84.7 Å². The van der Waals surface area contributed by atoms with Crippen molar-refractivity contribution in [2.24, 2.45) is 5.92 Å². The SMILES string of the molecule is O=C(NCc1cocn1)C1CCN(C(=O)OCc2ccccc2)CC1. The van der Waals surface area contributed by atoms with Crippen molar-refractivity contribution in [2.75, 3.05) is 13.1 Å². The van der Waals surface area contributed by atoms with Gasteiger partial charge in [-0.05, 0) is 18.4 Å². The molecule has 1 N–H and O–H groups in total. The van der Waals surface area contributed by atoms with Crippen LogP contribution in [0.25, 0.3) is 0 Å². The predicted octanol–water partition coefficient (Wildman–Crippen LogP) is 2.34. The molecular formula is C18H21N3O4. The maximum atomic E-state index is 12.2. The number of rotatable bonds is 5. The Morgan fingerprint density at radius 2 is 2.00 bits per heavy atom. The van der Waals surface area contributed by atoms with E-state index >= 15 is 0 Å². The number of ether oxygens (including phenoxy) is 1. The second-order valence-corrected chi connectivity index (χ2v) is 6.00. The summed E-state index contributed by atoms with van der Waals surface area (Å²) >= 11 is 0. The van der Waals surface area contributed by atoms with E-state index < -0.39 is 0 Å². The fraction of sp³-hybridized carbons (Fsp3) is 0.389. The molecule has 1 aromatic carbocycles. The first-order valence-electron chi connectivity index (χ1n) is 8.33. The quantitative estimate of drug-likeness (QED) is 0.901. The van der Waals surface area contributed by atoms with Gasteiger partial charge >= 0.3 is 6.09 Å². The molecule has 0 bridgehead atoms. The molecular weight excluding hydrogens is 322 g/mol. The Kier molecular flexibility index (Phi) is 5.66. The summed E-state index contributed by atoms with van der Waals surface area (Å²) in [6.45, 7) is 1.66. The third kappa shape index (κ3) is 4.82. The number of amides is 2. The van der Waals surface area contributed by atoms with Crippen LogP contribution in [-0.4, -0.2) is 35.0 Å². The van der Waals surface area contributed by atoms with Gasteiger partial charge in [0.15, 0.2) is 6.39 Å². The Morgan fingerprint density at radius 1 is 1.24 bits per heavy atom. The van der Waals surface area contributed by atoms with Crippen LogP contribution < -0.4 is 5.32 Å². The molecule has 2 amide bonds. The van der Waals surface area contributed by atoms with E-state index in [4.69, 9.17) is 9.15 Å². The molecule has 0 aliphatic carbocycles. The summed E-state index contributed by atoms with van der Waals surface area (Å²) in [5.74, 6) is -0.106. The Balaban J connectivity index is 1.38. The zero-order valence-electron chi connectivity index (χ0n) is 13.9. The summed E-state index contributed by atoms with van der Waals surface area (Å²) in [5.41, 5.74) is 1.65. The number of likely N-dealkylation sites (tertiary alicyclic amines) is 1. The van der Waals surface area contributed by atoms with Crippen LogP contribution in [0.1, 0.15) is 24.1 Å². The van der Waals surface area contributed by atoms with Crippen LogP contribution in [-0.2, 0) is 22.7 Å². The van der Waals surface area contributed by atoms with Gasteiger partial charge in [-0.25, -0.2) is 9.78 Å². The molecule has 25 heavy (non-hydrogen) atoms. The maximum Gasteiger partial charge on any atom is 0.410 e. The highest BCUT2D eigenvalue weighted by Gasteiger charge is 2.28. The van der Waals surface area contributed by atoms with Gasteiger partial charge in [0.05, 0.1) is 12.2 Å². The molecule has 1 aliphatic heterocycles. The second kappa shape index (κ2) is 8.32. The van der Waals surface area contributed by atoms with Crippen molar-refractivity contribution < 1.29 is 18.7 Å². The Labute approximate surface area is 146 Å². The van der Waals surface area contributed by atoms with E-state index in [0.717, 1.165) is 5.56 Å². The van der Waals surface area contributed by atoms with E-state index in [1.54, 1.807) is 4.90 Å². The number of nitrogens with one attached hydrogen (secondary N) is 1. The Hall–Kier alpha value is -2.83. The normalized spacial score (nSPS) is 15.0. The highest BCUT2D eigenvalue weighted by molar-refractivity contribution is 5.79. The van der Waals surface area contributed by atoms with Crippen LogP contribution >= 0.6 is 0 Å². The average molecular weight is 343 g/mol. The minimum absolute atomic E-state index is 0.0136. The lowest BCUT2D eigenvalue weighted by Crippen LogP contribution is -2.43. The fourth-order valence-corrected chi connectivity index (χ4v) is 2.78. The molecule has 0 atom stereocenters. The zero-order chi connectivity index (χ0) is 17.5. The van der Waals surface area contributed by atoms with Gasteiger partial charge in [-0.3, -0.25) is 4.79 Å². The molecule has 1 fully saturated rings. The number of benzene rings is 1. The third-order valence-electron chi connectivity index (χ3n) is 4.26. The molecule has 0 radical (unpaired) electrons. The molecule has 7 nitrogen and oxygen atoms in total. The number of carbonyl (C=O) groups excluding carboxylic acids is 2. The summed E-state index contributed by atoms with van der Waals surface area (Å²) in [6.07, 6.45) is 3.77. The number of aromatic nitrogens is 1. The molecule has 7 heteroatoms. The molecule has 2 heterocycles. The standard InChI is InChI=1S/C18H21N3O4/c22-17(19-10-16-12-24-13-20-16)15-6-8-21(9-7-15)18(23)25-11-14-4-2-1-3-5-14/h1-5,12-13,15H,6-11H2,(H,19,22). The van der Waals surface area contributed by atoms with Crippen molar-refractivity contribution in [3.05, 3.63) is 54.2 Å². The van der Waals surface area contributed by atoms with Gasteiger partial charge in [0, 0.05) is 19.0 Å². The molecule has 132 valence electrons. The predicted molar refractivity (Wildman–Crippen MR) is 89.3 cm³/mol. The smallest absolute Gasteiger partial charge is 0.410 e. The first-order valence-corrected chi connectivity index (χ1v) is 8.33. The molecule has 2 aromatic rings. The van der Waals surface area contributed by atoms with Crippen molar-refractivity contribution in [2.45, 2.75) is 26.0 Å². The minimum atomic E-state index is -0.328. The van der Waals surface area contributed by atoms with Gasteiger partial charge in [-0.15, -0.1) is 0 Å².